The van der Waals surface area contributed by atoms with Crippen LogP contribution in [0, 0.1) is 5.41 Å². The Bertz CT molecular complexity index is 348. The summed E-state index contributed by atoms with van der Waals surface area (Å²) in [4.78, 5) is 13.4. The molecule has 0 fully saturated rings. The van der Waals surface area contributed by atoms with Crippen LogP contribution in [-0.4, -0.2) is 42.5 Å². The average Bonchev–Trinajstić information content (AvgIpc) is 2.23. The molecule has 5 heteroatoms. The maximum absolute atomic E-state index is 11.7. The second-order valence-electron chi connectivity index (χ2n) is 4.51. The summed E-state index contributed by atoms with van der Waals surface area (Å²) in [7, 11) is 1.83. The highest BCUT2D eigenvalue weighted by Crippen LogP contribution is 2.20. The summed E-state index contributed by atoms with van der Waals surface area (Å²) in [6.45, 7) is 6.00. The van der Waals surface area contributed by atoms with Gasteiger partial charge >= 0.3 is 5.97 Å². The molecule has 0 bridgehead atoms. The smallest absolute Gasteiger partial charge is 0.349 e. The molecule has 0 aliphatic carbocycles. The lowest BCUT2D eigenvalue weighted by Gasteiger charge is -2.31. The summed E-state index contributed by atoms with van der Waals surface area (Å²) < 4.78 is 10.6. The van der Waals surface area contributed by atoms with Gasteiger partial charge in [0.25, 0.3) is 0 Å². The molecule has 0 saturated carbocycles. The van der Waals surface area contributed by atoms with E-state index in [0.717, 1.165) is 0 Å². The molecule has 0 aromatic heterocycles. The number of carbonyl (C=O) groups is 1. The highest BCUT2D eigenvalue weighted by atomic mass is 16.6. The van der Waals surface area contributed by atoms with Crippen LogP contribution in [0.25, 0.3) is 0 Å². The number of rotatable bonds is 4. The molecule has 17 heavy (non-hydrogen) atoms. The van der Waals surface area contributed by atoms with Crippen LogP contribution in [-0.2, 0) is 14.3 Å². The fourth-order valence-corrected chi connectivity index (χ4v) is 1.51. The molecular weight excluding hydrogens is 220 g/mol. The zero-order valence-corrected chi connectivity index (χ0v) is 10.9. The zero-order valence-electron chi connectivity index (χ0n) is 10.9. The van der Waals surface area contributed by atoms with E-state index in [9.17, 15) is 4.79 Å². The fourth-order valence-electron chi connectivity index (χ4n) is 1.51. The predicted molar refractivity (Wildman–Crippen MR) is 64.9 cm³/mol. The monoisotopic (exact) mass is 240 g/mol. The van der Waals surface area contributed by atoms with Crippen LogP contribution < -0.4 is 0 Å². The molecule has 1 aliphatic heterocycles. The second kappa shape index (κ2) is 5.21. The summed E-state index contributed by atoms with van der Waals surface area (Å²) >= 11 is 0. The van der Waals surface area contributed by atoms with E-state index in [0.29, 0.717) is 31.2 Å². The van der Waals surface area contributed by atoms with E-state index in [1.807, 2.05) is 13.1 Å². The van der Waals surface area contributed by atoms with E-state index in [4.69, 9.17) is 14.9 Å². The third-order valence-electron chi connectivity index (χ3n) is 2.53. The number of carbonyl (C=O) groups excluding carboxylic acids is 1. The van der Waals surface area contributed by atoms with Gasteiger partial charge in [-0.25, -0.2) is 4.79 Å². The van der Waals surface area contributed by atoms with Crippen molar-refractivity contribution in [3.63, 3.8) is 0 Å². The molecule has 0 unspecified atom stereocenters. The molecule has 1 aliphatic rings. The van der Waals surface area contributed by atoms with Crippen molar-refractivity contribution in [3.8, 4) is 0 Å². The highest BCUT2D eigenvalue weighted by Gasteiger charge is 2.33. The number of amidine groups is 1. The van der Waals surface area contributed by atoms with Gasteiger partial charge < -0.3 is 14.4 Å². The second-order valence-corrected chi connectivity index (χ2v) is 4.51. The minimum atomic E-state index is -0.984. The summed E-state index contributed by atoms with van der Waals surface area (Å²) in [5.41, 5.74) is -0.984. The third-order valence-corrected chi connectivity index (χ3v) is 2.53. The van der Waals surface area contributed by atoms with Gasteiger partial charge in [-0.1, -0.05) is 0 Å². The van der Waals surface area contributed by atoms with Crippen molar-refractivity contribution in [3.05, 3.63) is 11.8 Å². The Hall–Kier alpha value is -1.52. The van der Waals surface area contributed by atoms with Gasteiger partial charge in [-0.05, 0) is 26.8 Å². The Morgan fingerprint density at radius 2 is 2.24 bits per heavy atom. The summed E-state index contributed by atoms with van der Waals surface area (Å²) in [6, 6.07) is 0. The first-order valence-corrected chi connectivity index (χ1v) is 5.70. The van der Waals surface area contributed by atoms with Crippen molar-refractivity contribution in [1.82, 2.24) is 4.90 Å². The number of esters is 1. The van der Waals surface area contributed by atoms with Gasteiger partial charge in [0.05, 0.1) is 19.0 Å². The Morgan fingerprint density at radius 1 is 1.59 bits per heavy atom. The molecule has 96 valence electrons. The number of nitrogens with one attached hydrogen (secondary N) is 1. The van der Waals surface area contributed by atoms with Crippen molar-refractivity contribution in [2.75, 3.05) is 20.2 Å². The number of hydrogen-bond donors (Lipinski definition) is 1. The first-order chi connectivity index (χ1) is 7.86. The van der Waals surface area contributed by atoms with Crippen LogP contribution >= 0.6 is 0 Å². The standard InChI is InChI=1S/C12H20N2O3/c1-5-16-11(15)12(2,3)17-9-6-7-10(13)14(4)8-9/h6,13H,5,7-8H2,1-4H3. The summed E-state index contributed by atoms with van der Waals surface area (Å²) in [5, 5.41) is 7.60. The van der Waals surface area contributed by atoms with Crippen LogP contribution in [0.5, 0.6) is 0 Å². The fraction of sp³-hybridized carbons (Fsp3) is 0.667. The van der Waals surface area contributed by atoms with E-state index < -0.39 is 5.60 Å². The predicted octanol–water partition coefficient (Wildman–Crippen LogP) is 1.54. The van der Waals surface area contributed by atoms with E-state index in [2.05, 4.69) is 0 Å². The topological polar surface area (TPSA) is 62.6 Å². The van der Waals surface area contributed by atoms with Gasteiger partial charge in [0.2, 0.25) is 0 Å². The van der Waals surface area contributed by atoms with Crippen molar-refractivity contribution in [1.29, 1.82) is 5.41 Å². The Balaban J connectivity index is 2.65. The number of hydrogen-bond acceptors (Lipinski definition) is 4. The average molecular weight is 240 g/mol. The van der Waals surface area contributed by atoms with E-state index in [1.54, 1.807) is 25.7 Å². The van der Waals surface area contributed by atoms with Gasteiger partial charge in [-0.2, -0.15) is 0 Å². The largest absolute Gasteiger partial charge is 0.479 e. The summed E-state index contributed by atoms with van der Waals surface area (Å²) in [6.07, 6.45) is 2.37. The van der Waals surface area contributed by atoms with Crippen LogP contribution in [0.1, 0.15) is 27.2 Å². The molecule has 0 atom stereocenters. The highest BCUT2D eigenvalue weighted by molar-refractivity contribution is 5.82. The normalized spacial score (nSPS) is 16.6. The quantitative estimate of drug-likeness (QED) is 0.757. The van der Waals surface area contributed by atoms with Crippen LogP contribution in [0.15, 0.2) is 11.8 Å². The SMILES string of the molecule is CCOC(=O)C(C)(C)OC1=CCC(=N)N(C)C1. The van der Waals surface area contributed by atoms with Gasteiger partial charge in [0.1, 0.15) is 5.76 Å². The molecule has 1 rings (SSSR count). The molecule has 5 nitrogen and oxygen atoms in total. The molecule has 0 spiro atoms. The van der Waals surface area contributed by atoms with Gasteiger partial charge in [0.15, 0.2) is 5.60 Å². The van der Waals surface area contributed by atoms with Crippen molar-refractivity contribution >= 4 is 11.8 Å². The van der Waals surface area contributed by atoms with Crippen molar-refractivity contribution in [2.45, 2.75) is 32.8 Å². The van der Waals surface area contributed by atoms with Crippen LogP contribution in [0.3, 0.4) is 0 Å². The number of nitrogens with zero attached hydrogens (tertiary/aromatic N) is 1. The molecule has 0 aromatic carbocycles. The molecule has 0 radical (unpaired) electrons. The summed E-state index contributed by atoms with van der Waals surface area (Å²) in [5.74, 6) is 0.886. The molecule has 0 amide bonds. The Kier molecular flexibility index (Phi) is 4.15. The Labute approximate surface area is 102 Å². The molecular formula is C12H20N2O3. The maximum atomic E-state index is 11.7. The van der Waals surface area contributed by atoms with Crippen LogP contribution in [0.2, 0.25) is 0 Å². The van der Waals surface area contributed by atoms with Gasteiger partial charge in [0, 0.05) is 13.5 Å². The van der Waals surface area contributed by atoms with E-state index in [1.165, 1.54) is 0 Å². The van der Waals surface area contributed by atoms with E-state index in [-0.39, 0.29) is 5.97 Å². The third kappa shape index (κ3) is 3.47. The first kappa shape index (κ1) is 13.5. The lowest BCUT2D eigenvalue weighted by atomic mass is 10.1. The molecule has 0 saturated heterocycles. The first-order valence-electron chi connectivity index (χ1n) is 5.70. The van der Waals surface area contributed by atoms with E-state index >= 15 is 0 Å². The van der Waals surface area contributed by atoms with Crippen molar-refractivity contribution < 1.29 is 14.3 Å². The zero-order chi connectivity index (χ0) is 13.1. The lowest BCUT2D eigenvalue weighted by Crippen LogP contribution is -2.40. The Morgan fingerprint density at radius 3 is 2.76 bits per heavy atom. The van der Waals surface area contributed by atoms with Gasteiger partial charge in [-0.3, -0.25) is 5.41 Å². The van der Waals surface area contributed by atoms with Gasteiger partial charge in [-0.15, -0.1) is 0 Å². The molecule has 1 heterocycles. The lowest BCUT2D eigenvalue weighted by molar-refractivity contribution is -0.163. The van der Waals surface area contributed by atoms with Crippen LogP contribution in [0.4, 0.5) is 0 Å². The van der Waals surface area contributed by atoms with Crippen molar-refractivity contribution in [2.24, 2.45) is 0 Å². The number of likely N-dealkylation sites (N-methyl/N-ethyl adjacent to an activating group) is 1. The number of ether oxygens (including phenoxy) is 2. The molecule has 0 aromatic rings. The maximum Gasteiger partial charge on any atom is 0.349 e. The minimum Gasteiger partial charge on any atom is -0.479 e. The molecule has 1 N–H and O–H groups in total. The minimum absolute atomic E-state index is 0.342.